The highest BCUT2D eigenvalue weighted by molar-refractivity contribution is 5.85. The van der Waals surface area contributed by atoms with Gasteiger partial charge in [-0.05, 0) is 96.7 Å². The zero-order valence-corrected chi connectivity index (χ0v) is 27.2. The van der Waals surface area contributed by atoms with Gasteiger partial charge in [-0.25, -0.2) is 0 Å². The van der Waals surface area contributed by atoms with Crippen LogP contribution in [0.5, 0.6) is 0 Å². The second kappa shape index (κ2) is 12.8. The van der Waals surface area contributed by atoms with Gasteiger partial charge in [-0.15, -0.1) is 0 Å². The lowest BCUT2D eigenvalue weighted by atomic mass is 9.64. The van der Waals surface area contributed by atoms with E-state index in [9.17, 15) is 4.79 Å². The quantitative estimate of drug-likeness (QED) is 0.254. The van der Waals surface area contributed by atoms with Gasteiger partial charge in [0.25, 0.3) is 0 Å². The minimum absolute atomic E-state index is 0.0517. The predicted molar refractivity (Wildman–Crippen MR) is 161 cm³/mol. The number of hydrogen-bond acceptors (Lipinski definition) is 4. The first-order valence-corrected chi connectivity index (χ1v) is 15.7. The molecular formula is C33H65N3O. The fourth-order valence-corrected chi connectivity index (χ4v) is 7.92. The normalized spacial score (nSPS) is 22.1. The van der Waals surface area contributed by atoms with Crippen LogP contribution in [-0.2, 0) is 4.79 Å². The number of carbonyl (C=O) groups excluding carboxylic acids is 1. The first kappa shape index (κ1) is 32.8. The molecule has 0 aliphatic carbocycles. The van der Waals surface area contributed by atoms with E-state index in [1.54, 1.807) is 0 Å². The number of nitrogens with zero attached hydrogens (tertiary/aromatic N) is 3. The summed E-state index contributed by atoms with van der Waals surface area (Å²) in [7, 11) is 0. The van der Waals surface area contributed by atoms with Gasteiger partial charge in [-0.2, -0.15) is 0 Å². The van der Waals surface area contributed by atoms with Gasteiger partial charge >= 0.3 is 0 Å². The van der Waals surface area contributed by atoms with Crippen LogP contribution in [0.3, 0.4) is 0 Å². The molecule has 0 saturated carbocycles. The minimum Gasteiger partial charge on any atom is -0.301 e. The lowest BCUT2D eigenvalue weighted by Crippen LogP contribution is -2.57. The van der Waals surface area contributed by atoms with Crippen LogP contribution in [0.15, 0.2) is 0 Å². The SMILES string of the molecule is CCC(C)(CC(C)(C)N1CCN(CCC(C)C)CC1)C1CCN(C(C)(C)CC(C)(C)C(=O)C(C)C)CC1. The van der Waals surface area contributed by atoms with Crippen LogP contribution in [0.4, 0.5) is 0 Å². The lowest BCUT2D eigenvalue weighted by molar-refractivity contribution is -0.132. The predicted octanol–water partition coefficient (Wildman–Crippen LogP) is 7.37. The van der Waals surface area contributed by atoms with Gasteiger partial charge in [0.2, 0.25) is 0 Å². The Bertz CT molecular complexity index is 709. The summed E-state index contributed by atoms with van der Waals surface area (Å²) < 4.78 is 0. The van der Waals surface area contributed by atoms with E-state index in [2.05, 4.69) is 83.9 Å². The molecule has 0 spiro atoms. The van der Waals surface area contributed by atoms with Crippen LogP contribution in [-0.4, -0.2) is 77.4 Å². The molecule has 0 aromatic heterocycles. The molecule has 2 fully saturated rings. The molecule has 218 valence electrons. The molecule has 2 aliphatic rings. The topological polar surface area (TPSA) is 26.8 Å². The first-order chi connectivity index (χ1) is 16.9. The lowest BCUT2D eigenvalue weighted by Gasteiger charge is -2.52. The number of carbonyl (C=O) groups is 1. The highest BCUT2D eigenvalue weighted by atomic mass is 16.1. The van der Waals surface area contributed by atoms with Crippen LogP contribution in [0, 0.1) is 28.6 Å². The van der Waals surface area contributed by atoms with Crippen LogP contribution in [0.25, 0.3) is 0 Å². The van der Waals surface area contributed by atoms with Crippen LogP contribution in [0.1, 0.15) is 122 Å². The molecule has 0 radical (unpaired) electrons. The molecule has 1 unspecified atom stereocenters. The van der Waals surface area contributed by atoms with E-state index in [1.807, 2.05) is 13.8 Å². The molecule has 2 saturated heterocycles. The van der Waals surface area contributed by atoms with Gasteiger partial charge in [0.1, 0.15) is 5.78 Å². The Balaban J connectivity index is 1.96. The molecule has 4 nitrogen and oxygen atoms in total. The number of Topliss-reactive ketones (excluding diaryl/α,β-unsaturated/α-hetero) is 1. The largest absolute Gasteiger partial charge is 0.301 e. The molecule has 0 bridgehead atoms. The first-order valence-electron chi connectivity index (χ1n) is 15.7. The summed E-state index contributed by atoms with van der Waals surface area (Å²) in [6.45, 7) is 36.3. The Labute approximate surface area is 232 Å². The third-order valence-electron chi connectivity index (χ3n) is 10.3. The molecule has 0 aromatic carbocycles. The zero-order chi connectivity index (χ0) is 28.2. The second-order valence-corrected chi connectivity index (χ2v) is 15.7. The van der Waals surface area contributed by atoms with Gasteiger partial charge in [-0.3, -0.25) is 14.6 Å². The highest BCUT2D eigenvalue weighted by Crippen LogP contribution is 2.46. The van der Waals surface area contributed by atoms with Gasteiger partial charge in [0.05, 0.1) is 0 Å². The van der Waals surface area contributed by atoms with Crippen molar-refractivity contribution in [2.45, 2.75) is 133 Å². The Hall–Kier alpha value is -0.450. The standard InChI is InChI=1S/C33H65N3O/c1-13-33(12,25-32(10,11)36-22-20-34(21-23-36)17-14-26(2)3)28-15-18-35(19-16-28)31(8,9)24-30(6,7)29(37)27(4)5/h26-28H,13-25H2,1-12H3. The molecule has 0 N–H and O–H groups in total. The van der Waals surface area contributed by atoms with Crippen molar-refractivity contribution in [3.05, 3.63) is 0 Å². The fraction of sp³-hybridized carbons (Fsp3) is 0.970. The molecule has 2 aliphatic heterocycles. The maximum atomic E-state index is 12.9. The number of piperazine rings is 1. The van der Waals surface area contributed by atoms with E-state index in [4.69, 9.17) is 0 Å². The molecule has 37 heavy (non-hydrogen) atoms. The molecule has 2 rings (SSSR count). The van der Waals surface area contributed by atoms with Gasteiger partial charge < -0.3 is 4.90 Å². The number of hydrogen-bond donors (Lipinski definition) is 0. The van der Waals surface area contributed by atoms with E-state index < -0.39 is 0 Å². The Morgan fingerprint density at radius 1 is 0.757 bits per heavy atom. The van der Waals surface area contributed by atoms with Crippen molar-refractivity contribution in [2.24, 2.45) is 28.6 Å². The van der Waals surface area contributed by atoms with E-state index in [0.717, 1.165) is 31.3 Å². The van der Waals surface area contributed by atoms with Crippen LogP contribution >= 0.6 is 0 Å². The van der Waals surface area contributed by atoms with E-state index in [0.29, 0.717) is 11.2 Å². The average Bonchev–Trinajstić information content (AvgIpc) is 2.81. The number of piperidine rings is 1. The second-order valence-electron chi connectivity index (χ2n) is 15.7. The monoisotopic (exact) mass is 520 g/mol. The van der Waals surface area contributed by atoms with E-state index >= 15 is 0 Å². The molecule has 2 heterocycles. The molecule has 1 atom stereocenters. The third-order valence-corrected chi connectivity index (χ3v) is 10.3. The Morgan fingerprint density at radius 2 is 1.24 bits per heavy atom. The van der Waals surface area contributed by atoms with Crippen molar-refractivity contribution in [3.8, 4) is 0 Å². The Morgan fingerprint density at radius 3 is 1.70 bits per heavy atom. The molecular weight excluding hydrogens is 454 g/mol. The van der Waals surface area contributed by atoms with E-state index in [-0.39, 0.29) is 22.4 Å². The summed E-state index contributed by atoms with van der Waals surface area (Å²) in [5.41, 5.74) is 0.402. The van der Waals surface area contributed by atoms with Crippen molar-refractivity contribution in [2.75, 3.05) is 45.8 Å². The zero-order valence-electron chi connectivity index (χ0n) is 27.2. The van der Waals surface area contributed by atoms with Gasteiger partial charge in [0, 0.05) is 48.6 Å². The summed E-state index contributed by atoms with van der Waals surface area (Å²) >= 11 is 0. The van der Waals surface area contributed by atoms with Gasteiger partial charge in [-0.1, -0.05) is 61.8 Å². The third kappa shape index (κ3) is 8.77. The summed E-state index contributed by atoms with van der Waals surface area (Å²) in [6.07, 6.45) is 7.36. The summed E-state index contributed by atoms with van der Waals surface area (Å²) in [5.74, 6) is 2.08. The maximum Gasteiger partial charge on any atom is 0.141 e. The van der Waals surface area contributed by atoms with Crippen LogP contribution < -0.4 is 0 Å². The highest BCUT2D eigenvalue weighted by Gasteiger charge is 2.44. The number of ketones is 1. The molecule has 0 amide bonds. The maximum absolute atomic E-state index is 12.9. The summed E-state index contributed by atoms with van der Waals surface area (Å²) in [5, 5.41) is 0. The van der Waals surface area contributed by atoms with Crippen molar-refractivity contribution >= 4 is 5.78 Å². The summed E-state index contributed by atoms with van der Waals surface area (Å²) in [4.78, 5) is 21.0. The minimum atomic E-state index is -0.269. The molecule has 4 heteroatoms. The smallest absolute Gasteiger partial charge is 0.141 e. The van der Waals surface area contributed by atoms with Crippen molar-refractivity contribution in [3.63, 3.8) is 0 Å². The Kier molecular flexibility index (Phi) is 11.3. The van der Waals surface area contributed by atoms with E-state index in [1.165, 1.54) is 64.8 Å². The molecule has 0 aromatic rings. The van der Waals surface area contributed by atoms with Gasteiger partial charge in [0.15, 0.2) is 0 Å². The number of rotatable bonds is 13. The van der Waals surface area contributed by atoms with Crippen molar-refractivity contribution in [1.82, 2.24) is 14.7 Å². The van der Waals surface area contributed by atoms with Crippen LogP contribution in [0.2, 0.25) is 0 Å². The van der Waals surface area contributed by atoms with Crippen molar-refractivity contribution in [1.29, 1.82) is 0 Å². The average molecular weight is 520 g/mol. The van der Waals surface area contributed by atoms with Crippen molar-refractivity contribution < 1.29 is 4.79 Å². The fourth-order valence-electron chi connectivity index (χ4n) is 7.92. The summed E-state index contributed by atoms with van der Waals surface area (Å²) in [6, 6.07) is 0. The number of likely N-dealkylation sites (tertiary alicyclic amines) is 1.